The third-order valence-electron chi connectivity index (χ3n) is 3.90. The highest BCUT2D eigenvalue weighted by atomic mass is 32.2. The molecule has 0 aliphatic heterocycles. The summed E-state index contributed by atoms with van der Waals surface area (Å²) in [6, 6.07) is 17.1. The minimum Gasteiger partial charge on any atom is -0.333 e. The van der Waals surface area contributed by atoms with Gasteiger partial charge in [-0.3, -0.25) is 0 Å². The summed E-state index contributed by atoms with van der Waals surface area (Å²) >= 11 is 1.75. The van der Waals surface area contributed by atoms with Crippen molar-refractivity contribution in [1.82, 2.24) is 9.97 Å². The lowest BCUT2D eigenvalue weighted by atomic mass is 9.98. The molecule has 2 aromatic carbocycles. The van der Waals surface area contributed by atoms with Crippen LogP contribution >= 0.6 is 11.8 Å². The number of fused-ring (bicyclic) bond motifs is 1. The van der Waals surface area contributed by atoms with E-state index in [4.69, 9.17) is 0 Å². The largest absolute Gasteiger partial charge is 0.333 e. The van der Waals surface area contributed by atoms with Crippen molar-refractivity contribution < 1.29 is 0 Å². The summed E-state index contributed by atoms with van der Waals surface area (Å²) in [6.07, 6.45) is 1.19. The molecule has 0 fully saturated rings. The molecule has 0 aliphatic rings. The van der Waals surface area contributed by atoms with Gasteiger partial charge in [0.1, 0.15) is 0 Å². The number of nitrogens with one attached hydrogen (secondary N) is 1. The van der Waals surface area contributed by atoms with Gasteiger partial charge in [0.05, 0.1) is 11.0 Å². The van der Waals surface area contributed by atoms with Gasteiger partial charge in [-0.25, -0.2) is 4.98 Å². The fourth-order valence-corrected chi connectivity index (χ4v) is 3.17. The number of rotatable bonds is 5. The Balaban J connectivity index is 1.67. The SMILES string of the molecule is CC[C@H](C)c1ccc(CSc2nc3ccccc3[nH]2)cc1. The van der Waals surface area contributed by atoms with Gasteiger partial charge in [0.2, 0.25) is 0 Å². The summed E-state index contributed by atoms with van der Waals surface area (Å²) in [5.74, 6) is 1.59. The van der Waals surface area contributed by atoms with Gasteiger partial charge < -0.3 is 4.98 Å². The molecule has 1 atom stereocenters. The van der Waals surface area contributed by atoms with E-state index in [1.807, 2.05) is 18.2 Å². The van der Waals surface area contributed by atoms with E-state index >= 15 is 0 Å². The van der Waals surface area contributed by atoms with Crippen molar-refractivity contribution in [3.8, 4) is 0 Å². The summed E-state index contributed by atoms with van der Waals surface area (Å²) in [5, 5.41) is 0.988. The van der Waals surface area contributed by atoms with Crippen LogP contribution in [0.3, 0.4) is 0 Å². The average molecular weight is 296 g/mol. The molecule has 0 unspecified atom stereocenters. The summed E-state index contributed by atoms with van der Waals surface area (Å²) < 4.78 is 0. The highest BCUT2D eigenvalue weighted by Crippen LogP contribution is 2.24. The quantitative estimate of drug-likeness (QED) is 0.641. The molecule has 0 aliphatic carbocycles. The normalized spacial score (nSPS) is 12.7. The van der Waals surface area contributed by atoms with Gasteiger partial charge in [-0.15, -0.1) is 0 Å². The van der Waals surface area contributed by atoms with E-state index in [9.17, 15) is 0 Å². The lowest BCUT2D eigenvalue weighted by Gasteiger charge is -2.09. The topological polar surface area (TPSA) is 28.7 Å². The molecule has 1 heterocycles. The van der Waals surface area contributed by atoms with Crippen molar-refractivity contribution in [2.75, 3.05) is 0 Å². The third kappa shape index (κ3) is 3.30. The number of aromatic amines is 1. The second-order valence-electron chi connectivity index (χ2n) is 5.40. The molecule has 0 radical (unpaired) electrons. The zero-order chi connectivity index (χ0) is 14.7. The van der Waals surface area contributed by atoms with Gasteiger partial charge in [0.15, 0.2) is 5.16 Å². The van der Waals surface area contributed by atoms with Crippen molar-refractivity contribution >= 4 is 22.8 Å². The molecule has 108 valence electrons. The number of thioether (sulfide) groups is 1. The van der Waals surface area contributed by atoms with E-state index in [1.54, 1.807) is 11.8 Å². The fourth-order valence-electron chi connectivity index (χ4n) is 2.33. The highest BCUT2D eigenvalue weighted by Gasteiger charge is 2.05. The van der Waals surface area contributed by atoms with Gasteiger partial charge in [0, 0.05) is 5.75 Å². The molecule has 1 aromatic heterocycles. The zero-order valence-corrected chi connectivity index (χ0v) is 13.3. The lowest BCUT2D eigenvalue weighted by Crippen LogP contribution is -1.91. The molecule has 0 bridgehead atoms. The minimum atomic E-state index is 0.641. The van der Waals surface area contributed by atoms with E-state index in [0.717, 1.165) is 21.9 Å². The van der Waals surface area contributed by atoms with Crippen molar-refractivity contribution in [3.05, 3.63) is 59.7 Å². The van der Waals surface area contributed by atoms with E-state index in [0.29, 0.717) is 5.92 Å². The number of nitrogens with zero attached hydrogens (tertiary/aromatic N) is 1. The van der Waals surface area contributed by atoms with Crippen molar-refractivity contribution in [2.45, 2.75) is 37.1 Å². The van der Waals surface area contributed by atoms with Crippen LogP contribution in [0.1, 0.15) is 37.3 Å². The van der Waals surface area contributed by atoms with Crippen LogP contribution in [0.25, 0.3) is 11.0 Å². The first-order valence-corrected chi connectivity index (χ1v) is 8.41. The summed E-state index contributed by atoms with van der Waals surface area (Å²) in [7, 11) is 0. The maximum absolute atomic E-state index is 4.59. The number of H-pyrrole nitrogens is 1. The number of aromatic nitrogens is 2. The van der Waals surface area contributed by atoms with Gasteiger partial charge in [-0.05, 0) is 35.6 Å². The number of hydrogen-bond acceptors (Lipinski definition) is 2. The Morgan fingerprint density at radius 3 is 2.57 bits per heavy atom. The smallest absolute Gasteiger partial charge is 0.166 e. The van der Waals surface area contributed by atoms with Crippen LogP contribution in [-0.4, -0.2) is 9.97 Å². The predicted octanol–water partition coefficient (Wildman–Crippen LogP) is 5.37. The molecular formula is C18H20N2S. The van der Waals surface area contributed by atoms with Crippen LogP contribution < -0.4 is 0 Å². The van der Waals surface area contributed by atoms with E-state index in [1.165, 1.54) is 17.5 Å². The van der Waals surface area contributed by atoms with Gasteiger partial charge >= 0.3 is 0 Å². The van der Waals surface area contributed by atoms with E-state index in [-0.39, 0.29) is 0 Å². The first-order valence-electron chi connectivity index (χ1n) is 7.42. The Bertz CT molecular complexity index is 682. The molecule has 0 spiro atoms. The number of benzene rings is 2. The molecule has 21 heavy (non-hydrogen) atoms. The zero-order valence-electron chi connectivity index (χ0n) is 12.5. The first-order chi connectivity index (χ1) is 10.3. The Morgan fingerprint density at radius 1 is 1.10 bits per heavy atom. The molecule has 0 saturated heterocycles. The number of imidazole rings is 1. The van der Waals surface area contributed by atoms with Gasteiger partial charge in [-0.2, -0.15) is 0 Å². The molecule has 3 aromatic rings. The molecule has 3 heteroatoms. The molecule has 0 amide bonds. The van der Waals surface area contributed by atoms with Crippen LogP contribution in [-0.2, 0) is 5.75 Å². The molecule has 3 rings (SSSR count). The van der Waals surface area contributed by atoms with Crippen molar-refractivity contribution in [2.24, 2.45) is 0 Å². The standard InChI is InChI=1S/C18H20N2S/c1-3-13(2)15-10-8-14(9-11-15)12-21-18-19-16-6-4-5-7-17(16)20-18/h4-11,13H,3,12H2,1-2H3,(H,19,20)/t13-/m0/s1. The lowest BCUT2D eigenvalue weighted by molar-refractivity contribution is 0.733. The Labute approximate surface area is 130 Å². The molecule has 2 nitrogen and oxygen atoms in total. The van der Waals surface area contributed by atoms with E-state index < -0.39 is 0 Å². The van der Waals surface area contributed by atoms with Crippen molar-refractivity contribution in [3.63, 3.8) is 0 Å². The van der Waals surface area contributed by atoms with E-state index in [2.05, 4.69) is 54.1 Å². The monoisotopic (exact) mass is 296 g/mol. The molecular weight excluding hydrogens is 276 g/mol. The third-order valence-corrected chi connectivity index (χ3v) is 4.85. The highest BCUT2D eigenvalue weighted by molar-refractivity contribution is 7.98. The number of hydrogen-bond donors (Lipinski definition) is 1. The fraction of sp³-hybridized carbons (Fsp3) is 0.278. The van der Waals surface area contributed by atoms with Crippen LogP contribution in [0, 0.1) is 0 Å². The van der Waals surface area contributed by atoms with Crippen molar-refractivity contribution in [1.29, 1.82) is 0 Å². The minimum absolute atomic E-state index is 0.641. The molecule has 1 N–H and O–H groups in total. The second-order valence-corrected chi connectivity index (χ2v) is 6.36. The van der Waals surface area contributed by atoms with Gasteiger partial charge in [-0.1, -0.05) is 62.0 Å². The van der Waals surface area contributed by atoms with Crippen LogP contribution in [0.15, 0.2) is 53.7 Å². The average Bonchev–Trinajstić information content (AvgIpc) is 2.95. The summed E-state index contributed by atoms with van der Waals surface area (Å²) in [5.41, 5.74) is 4.90. The maximum atomic E-state index is 4.59. The van der Waals surface area contributed by atoms with Crippen LogP contribution in [0.2, 0.25) is 0 Å². The second kappa shape index (κ2) is 6.35. The van der Waals surface area contributed by atoms with Crippen LogP contribution in [0.5, 0.6) is 0 Å². The Morgan fingerprint density at radius 2 is 1.86 bits per heavy atom. The Hall–Kier alpha value is -1.74. The molecule has 0 saturated carbocycles. The number of para-hydroxylation sites is 2. The first kappa shape index (κ1) is 14.2. The van der Waals surface area contributed by atoms with Gasteiger partial charge in [0.25, 0.3) is 0 Å². The van der Waals surface area contributed by atoms with Crippen LogP contribution in [0.4, 0.5) is 0 Å². The summed E-state index contributed by atoms with van der Waals surface area (Å²) in [6.45, 7) is 4.51. The predicted molar refractivity (Wildman–Crippen MR) is 90.8 cm³/mol. The maximum Gasteiger partial charge on any atom is 0.166 e. The summed E-state index contributed by atoms with van der Waals surface area (Å²) in [4.78, 5) is 7.95. The Kier molecular flexibility index (Phi) is 4.30.